The van der Waals surface area contributed by atoms with Gasteiger partial charge in [0.05, 0.1) is 31.0 Å². The van der Waals surface area contributed by atoms with E-state index in [0.717, 1.165) is 0 Å². The number of benzene rings is 1. The van der Waals surface area contributed by atoms with Crippen molar-refractivity contribution in [1.29, 1.82) is 0 Å². The van der Waals surface area contributed by atoms with Gasteiger partial charge in [-0.15, -0.1) is 0 Å². The summed E-state index contributed by atoms with van der Waals surface area (Å²) in [6.07, 6.45) is 1.81. The summed E-state index contributed by atoms with van der Waals surface area (Å²) in [5, 5.41) is 2.83. The Morgan fingerprint density at radius 3 is 2.91 bits per heavy atom. The number of para-hydroxylation sites is 2. The fourth-order valence-electron chi connectivity index (χ4n) is 2.53. The lowest BCUT2D eigenvalue weighted by Gasteiger charge is -2.22. The average Bonchev–Trinajstić information content (AvgIpc) is 3.03. The molecule has 1 unspecified atom stereocenters. The molecule has 2 amide bonds. The lowest BCUT2D eigenvalue weighted by atomic mass is 10.2. The molecule has 120 valence electrons. The molecule has 1 aromatic carbocycles. The van der Waals surface area contributed by atoms with Gasteiger partial charge in [-0.25, -0.2) is 0 Å². The number of fused-ring (bicyclic) bond motifs is 1. The van der Waals surface area contributed by atoms with E-state index >= 15 is 0 Å². The molecule has 6 nitrogen and oxygen atoms in total. The highest BCUT2D eigenvalue weighted by Crippen LogP contribution is 2.30. The smallest absolute Gasteiger partial charge is 0.240 e. The molecule has 6 heteroatoms. The zero-order valence-electron chi connectivity index (χ0n) is 12.8. The molecule has 23 heavy (non-hydrogen) atoms. The minimum absolute atomic E-state index is 0.0513. The molecule has 1 aliphatic rings. The topological polar surface area (TPSA) is 71.8 Å². The van der Waals surface area contributed by atoms with E-state index in [-0.39, 0.29) is 30.8 Å². The van der Waals surface area contributed by atoms with Crippen LogP contribution >= 0.6 is 0 Å². The van der Waals surface area contributed by atoms with Crippen LogP contribution in [0.2, 0.25) is 0 Å². The van der Waals surface area contributed by atoms with E-state index < -0.39 is 0 Å². The second kappa shape index (κ2) is 6.56. The molecular formula is C17H18N2O4. The van der Waals surface area contributed by atoms with Crippen molar-refractivity contribution < 1.29 is 18.7 Å². The summed E-state index contributed by atoms with van der Waals surface area (Å²) < 4.78 is 10.8. The van der Waals surface area contributed by atoms with E-state index in [4.69, 9.17) is 9.15 Å². The second-order valence-electron chi connectivity index (χ2n) is 5.35. The third-order valence-electron chi connectivity index (χ3n) is 3.68. The number of hydrogen-bond acceptors (Lipinski definition) is 4. The maximum absolute atomic E-state index is 12.3. The number of amides is 2. The molecule has 1 aromatic heterocycles. The van der Waals surface area contributed by atoms with Crippen LogP contribution in [0, 0.1) is 0 Å². The molecule has 0 fully saturated rings. The number of anilines is 1. The summed E-state index contributed by atoms with van der Waals surface area (Å²) in [6, 6.07) is 10.5. The van der Waals surface area contributed by atoms with Crippen molar-refractivity contribution >= 4 is 17.5 Å². The molecule has 1 atom stereocenters. The minimum atomic E-state index is -0.258. The van der Waals surface area contributed by atoms with Crippen LogP contribution in [0.3, 0.4) is 0 Å². The highest BCUT2D eigenvalue weighted by molar-refractivity contribution is 6.00. The van der Waals surface area contributed by atoms with Gasteiger partial charge in [0, 0.05) is 0 Å². The molecule has 1 aliphatic heterocycles. The van der Waals surface area contributed by atoms with Gasteiger partial charge in [0.1, 0.15) is 18.1 Å². The molecule has 0 aliphatic carbocycles. The van der Waals surface area contributed by atoms with E-state index in [1.54, 1.807) is 30.5 Å². The van der Waals surface area contributed by atoms with Crippen LogP contribution in [0.4, 0.5) is 5.69 Å². The standard InChI is InChI=1S/C17H18N2O4/c1-12(14-7-4-9-22-14)18-16(20)11-19-13-5-2-3-6-15(13)23-10-8-17(19)21/h2-7,9,12H,8,10-11H2,1H3,(H,18,20). The van der Waals surface area contributed by atoms with Crippen molar-refractivity contribution in [2.45, 2.75) is 19.4 Å². The maximum Gasteiger partial charge on any atom is 0.240 e. The fraction of sp³-hybridized carbons (Fsp3) is 0.294. The van der Waals surface area contributed by atoms with E-state index in [9.17, 15) is 9.59 Å². The quantitative estimate of drug-likeness (QED) is 0.939. The first-order chi connectivity index (χ1) is 11.1. The number of rotatable bonds is 4. The average molecular weight is 314 g/mol. The van der Waals surface area contributed by atoms with Crippen molar-refractivity contribution in [3.8, 4) is 5.75 Å². The van der Waals surface area contributed by atoms with Gasteiger partial charge in [-0.3, -0.25) is 14.5 Å². The Hall–Kier alpha value is -2.76. The molecular weight excluding hydrogens is 296 g/mol. The number of carbonyl (C=O) groups is 2. The predicted molar refractivity (Wildman–Crippen MR) is 84.2 cm³/mol. The number of carbonyl (C=O) groups excluding carboxylic acids is 2. The van der Waals surface area contributed by atoms with Gasteiger partial charge >= 0.3 is 0 Å². The van der Waals surface area contributed by atoms with E-state index in [1.165, 1.54) is 4.90 Å². The highest BCUT2D eigenvalue weighted by atomic mass is 16.5. The molecule has 2 heterocycles. The zero-order chi connectivity index (χ0) is 16.2. The second-order valence-corrected chi connectivity index (χ2v) is 5.35. The Labute approximate surface area is 134 Å². The third-order valence-corrected chi connectivity index (χ3v) is 3.68. The van der Waals surface area contributed by atoms with Crippen LogP contribution < -0.4 is 15.0 Å². The number of furan rings is 1. The van der Waals surface area contributed by atoms with Crippen LogP contribution in [0.1, 0.15) is 25.1 Å². The lowest BCUT2D eigenvalue weighted by molar-refractivity contribution is -0.124. The molecule has 0 spiro atoms. The fourth-order valence-corrected chi connectivity index (χ4v) is 2.53. The third kappa shape index (κ3) is 3.36. The van der Waals surface area contributed by atoms with Crippen LogP contribution in [0.5, 0.6) is 5.75 Å². The van der Waals surface area contributed by atoms with E-state index in [2.05, 4.69) is 5.32 Å². The first-order valence-corrected chi connectivity index (χ1v) is 7.50. The SMILES string of the molecule is CC(NC(=O)CN1C(=O)CCOc2ccccc21)c1ccco1. The van der Waals surface area contributed by atoms with Crippen LogP contribution in [0.15, 0.2) is 47.1 Å². The first kappa shape index (κ1) is 15.1. The van der Waals surface area contributed by atoms with Gasteiger partial charge in [-0.05, 0) is 31.2 Å². The van der Waals surface area contributed by atoms with Gasteiger partial charge in [-0.1, -0.05) is 12.1 Å². The monoisotopic (exact) mass is 314 g/mol. The van der Waals surface area contributed by atoms with Crippen LogP contribution in [-0.2, 0) is 9.59 Å². The summed E-state index contributed by atoms with van der Waals surface area (Å²) >= 11 is 0. The van der Waals surface area contributed by atoms with Gasteiger partial charge in [0.15, 0.2) is 0 Å². The summed E-state index contributed by atoms with van der Waals surface area (Å²) in [4.78, 5) is 26.0. The minimum Gasteiger partial charge on any atom is -0.491 e. The number of nitrogens with one attached hydrogen (secondary N) is 1. The van der Waals surface area contributed by atoms with Crippen molar-refractivity contribution in [2.24, 2.45) is 0 Å². The van der Waals surface area contributed by atoms with Gasteiger partial charge in [0.25, 0.3) is 0 Å². The molecule has 1 N–H and O–H groups in total. The summed E-state index contributed by atoms with van der Waals surface area (Å²) in [7, 11) is 0. The largest absolute Gasteiger partial charge is 0.491 e. The molecule has 2 aromatic rings. The Bertz CT molecular complexity index is 696. The number of nitrogens with zero attached hydrogens (tertiary/aromatic N) is 1. The summed E-state index contributed by atoms with van der Waals surface area (Å²) in [6.45, 7) is 2.10. The molecule has 0 saturated carbocycles. The summed E-state index contributed by atoms with van der Waals surface area (Å²) in [5.74, 6) is 0.907. The van der Waals surface area contributed by atoms with Crippen molar-refractivity contribution in [1.82, 2.24) is 5.32 Å². The Kier molecular flexibility index (Phi) is 4.32. The van der Waals surface area contributed by atoms with Crippen molar-refractivity contribution in [2.75, 3.05) is 18.1 Å². The Morgan fingerprint density at radius 1 is 1.30 bits per heavy atom. The van der Waals surface area contributed by atoms with Crippen molar-refractivity contribution in [3.05, 3.63) is 48.4 Å². The lowest BCUT2D eigenvalue weighted by Crippen LogP contribution is -2.41. The molecule has 0 bridgehead atoms. The van der Waals surface area contributed by atoms with Gasteiger partial charge in [0.2, 0.25) is 11.8 Å². The molecule has 0 radical (unpaired) electrons. The molecule has 3 rings (SSSR count). The van der Waals surface area contributed by atoms with E-state index in [0.29, 0.717) is 23.8 Å². The highest BCUT2D eigenvalue weighted by Gasteiger charge is 2.25. The Balaban J connectivity index is 1.73. The Morgan fingerprint density at radius 2 is 2.13 bits per heavy atom. The van der Waals surface area contributed by atoms with Crippen LogP contribution in [-0.4, -0.2) is 25.0 Å². The maximum atomic E-state index is 12.3. The number of hydrogen-bond donors (Lipinski definition) is 1. The van der Waals surface area contributed by atoms with Gasteiger partial charge in [-0.2, -0.15) is 0 Å². The number of ether oxygens (including phenoxy) is 1. The first-order valence-electron chi connectivity index (χ1n) is 7.50. The van der Waals surface area contributed by atoms with Gasteiger partial charge < -0.3 is 14.5 Å². The molecule has 0 saturated heterocycles. The normalized spacial score (nSPS) is 15.3. The van der Waals surface area contributed by atoms with Crippen LogP contribution in [0.25, 0.3) is 0 Å². The van der Waals surface area contributed by atoms with Crippen molar-refractivity contribution in [3.63, 3.8) is 0 Å². The predicted octanol–water partition coefficient (Wildman–Crippen LogP) is 2.27. The van der Waals surface area contributed by atoms with E-state index in [1.807, 2.05) is 19.1 Å². The summed E-state index contributed by atoms with van der Waals surface area (Å²) in [5.41, 5.74) is 0.621. The zero-order valence-corrected chi connectivity index (χ0v) is 12.8.